The lowest BCUT2D eigenvalue weighted by Gasteiger charge is -2.38. The second kappa shape index (κ2) is 13.3. The first-order valence-corrected chi connectivity index (χ1v) is 14.7. The van der Waals surface area contributed by atoms with Crippen molar-refractivity contribution in [1.82, 2.24) is 14.9 Å². The number of aryl methyl sites for hydroxylation is 2. The molecule has 5 rings (SSSR count). The standard InChI is InChI=1S/C33H37ClN6O3/c1-21(2)39-15-17-40(18-16-39)26-12-10-25(11-13-26)36-33-35-20-27(31(41)37-30-22(3)7-6-8-23(30)4)32(38-33)43-28-14-9-24(34)19-29(28)42-5/h6-14,19-21H,15-18H2,1-5H3,(H,37,41)(H,35,36,38). The van der Waals surface area contributed by atoms with Crippen LogP contribution in [0.25, 0.3) is 0 Å². The molecule has 1 aliphatic rings. The number of carbonyl (C=O) groups is 1. The van der Waals surface area contributed by atoms with Crippen LogP contribution < -0.4 is 25.0 Å². The topological polar surface area (TPSA) is 91.9 Å². The predicted octanol–water partition coefficient (Wildman–Crippen LogP) is 7.07. The lowest BCUT2D eigenvalue weighted by atomic mass is 10.1. The third-order valence-electron chi connectivity index (χ3n) is 7.58. The average Bonchev–Trinajstić information content (AvgIpc) is 3.00. The average molecular weight is 601 g/mol. The smallest absolute Gasteiger partial charge is 0.262 e. The number of ether oxygens (including phenoxy) is 2. The van der Waals surface area contributed by atoms with Crippen LogP contribution in [0.3, 0.4) is 0 Å². The van der Waals surface area contributed by atoms with E-state index < -0.39 is 5.91 Å². The zero-order valence-electron chi connectivity index (χ0n) is 25.1. The third-order valence-corrected chi connectivity index (χ3v) is 7.82. The number of halogens is 1. The number of aromatic nitrogens is 2. The molecule has 4 aromatic rings. The van der Waals surface area contributed by atoms with Crippen molar-refractivity contribution in [3.63, 3.8) is 0 Å². The van der Waals surface area contributed by atoms with Gasteiger partial charge in [-0.05, 0) is 75.2 Å². The van der Waals surface area contributed by atoms with Gasteiger partial charge in [-0.1, -0.05) is 29.8 Å². The van der Waals surface area contributed by atoms with Gasteiger partial charge in [-0.3, -0.25) is 9.69 Å². The van der Waals surface area contributed by atoms with Crippen molar-refractivity contribution in [2.24, 2.45) is 0 Å². The van der Waals surface area contributed by atoms with Gasteiger partial charge in [0.15, 0.2) is 11.5 Å². The first kappa shape index (κ1) is 30.1. The van der Waals surface area contributed by atoms with E-state index in [2.05, 4.69) is 56.4 Å². The number of nitrogens with one attached hydrogen (secondary N) is 2. The Bertz CT molecular complexity index is 1570. The SMILES string of the molecule is COc1cc(Cl)ccc1Oc1nc(Nc2ccc(N3CCN(C(C)C)CC3)cc2)ncc1C(=O)Nc1c(C)cccc1C. The molecule has 0 atom stereocenters. The van der Waals surface area contributed by atoms with Crippen LogP contribution >= 0.6 is 11.6 Å². The van der Waals surface area contributed by atoms with Gasteiger partial charge in [0.1, 0.15) is 5.56 Å². The van der Waals surface area contributed by atoms with Crippen LogP contribution in [0.2, 0.25) is 5.02 Å². The lowest BCUT2D eigenvalue weighted by molar-refractivity contribution is 0.102. The molecule has 1 aromatic heterocycles. The van der Waals surface area contributed by atoms with E-state index in [0.717, 1.165) is 48.7 Å². The Labute approximate surface area is 257 Å². The van der Waals surface area contributed by atoms with E-state index in [9.17, 15) is 4.79 Å². The van der Waals surface area contributed by atoms with Gasteiger partial charge in [-0.15, -0.1) is 0 Å². The Morgan fingerprint density at radius 1 is 0.953 bits per heavy atom. The summed E-state index contributed by atoms with van der Waals surface area (Å²) in [7, 11) is 1.52. The highest BCUT2D eigenvalue weighted by molar-refractivity contribution is 6.30. The third kappa shape index (κ3) is 7.18. The highest BCUT2D eigenvalue weighted by Crippen LogP contribution is 2.35. The molecule has 1 amide bonds. The Morgan fingerprint density at radius 2 is 1.65 bits per heavy atom. The van der Waals surface area contributed by atoms with Gasteiger partial charge in [-0.25, -0.2) is 4.98 Å². The summed E-state index contributed by atoms with van der Waals surface area (Å²) in [6.45, 7) is 12.5. The molecule has 0 radical (unpaired) electrons. The maximum atomic E-state index is 13.5. The summed E-state index contributed by atoms with van der Waals surface area (Å²) in [6.07, 6.45) is 1.46. The van der Waals surface area contributed by atoms with Gasteiger partial charge in [0, 0.05) is 66.6 Å². The molecule has 1 aliphatic heterocycles. The second-order valence-electron chi connectivity index (χ2n) is 10.8. The Morgan fingerprint density at radius 3 is 2.30 bits per heavy atom. The maximum absolute atomic E-state index is 13.5. The monoisotopic (exact) mass is 600 g/mol. The van der Waals surface area contributed by atoms with Crippen molar-refractivity contribution in [2.45, 2.75) is 33.7 Å². The summed E-state index contributed by atoms with van der Waals surface area (Å²) in [5, 5.41) is 6.73. The van der Waals surface area contributed by atoms with Crippen molar-refractivity contribution in [3.05, 3.63) is 88.6 Å². The molecule has 224 valence electrons. The van der Waals surface area contributed by atoms with Gasteiger partial charge < -0.3 is 25.0 Å². The van der Waals surface area contributed by atoms with Crippen LogP contribution in [0.1, 0.15) is 35.3 Å². The van der Waals surface area contributed by atoms with Crippen LogP contribution in [-0.2, 0) is 0 Å². The minimum Gasteiger partial charge on any atom is -0.493 e. The van der Waals surface area contributed by atoms with E-state index in [1.165, 1.54) is 19.0 Å². The first-order chi connectivity index (χ1) is 20.7. The van der Waals surface area contributed by atoms with Gasteiger partial charge in [0.25, 0.3) is 5.91 Å². The zero-order valence-corrected chi connectivity index (χ0v) is 25.9. The zero-order chi connectivity index (χ0) is 30.5. The lowest BCUT2D eigenvalue weighted by Crippen LogP contribution is -2.48. The number of methoxy groups -OCH3 is 1. The molecule has 0 aliphatic carbocycles. The highest BCUT2D eigenvalue weighted by Gasteiger charge is 2.21. The molecule has 0 unspecified atom stereocenters. The van der Waals surface area contributed by atoms with Crippen molar-refractivity contribution < 1.29 is 14.3 Å². The second-order valence-corrected chi connectivity index (χ2v) is 11.3. The number of hydrogen-bond donors (Lipinski definition) is 2. The number of carbonyl (C=O) groups excluding carboxylic acids is 1. The fourth-order valence-electron chi connectivity index (χ4n) is 5.06. The number of nitrogens with zero attached hydrogens (tertiary/aromatic N) is 4. The minimum absolute atomic E-state index is 0.0708. The highest BCUT2D eigenvalue weighted by atomic mass is 35.5. The van der Waals surface area contributed by atoms with Crippen molar-refractivity contribution in [3.8, 4) is 17.4 Å². The van der Waals surface area contributed by atoms with Gasteiger partial charge in [0.2, 0.25) is 11.8 Å². The number of hydrogen-bond acceptors (Lipinski definition) is 8. The number of piperazine rings is 1. The Hall–Kier alpha value is -4.34. The number of amides is 1. The molecule has 2 N–H and O–H groups in total. The minimum atomic E-state index is -0.395. The van der Waals surface area contributed by atoms with Crippen LogP contribution in [-0.4, -0.2) is 60.1 Å². The first-order valence-electron chi connectivity index (χ1n) is 14.3. The van der Waals surface area contributed by atoms with Crippen LogP contribution in [0.5, 0.6) is 17.4 Å². The van der Waals surface area contributed by atoms with Gasteiger partial charge >= 0.3 is 0 Å². The summed E-state index contributed by atoms with van der Waals surface area (Å²) >= 11 is 6.15. The number of anilines is 4. The van der Waals surface area contributed by atoms with Crippen molar-refractivity contribution >= 4 is 40.5 Å². The molecule has 1 fully saturated rings. The van der Waals surface area contributed by atoms with Gasteiger partial charge in [-0.2, -0.15) is 4.98 Å². The number of benzene rings is 3. The molecule has 10 heteroatoms. The molecular weight excluding hydrogens is 564 g/mol. The normalized spacial score (nSPS) is 13.6. The molecular formula is C33H37ClN6O3. The molecule has 0 saturated carbocycles. The van der Waals surface area contributed by atoms with Crippen LogP contribution in [0, 0.1) is 13.8 Å². The fraction of sp³-hybridized carbons (Fsp3) is 0.303. The quantitative estimate of drug-likeness (QED) is 0.211. The summed E-state index contributed by atoms with van der Waals surface area (Å²) in [6, 6.07) is 19.6. The number of rotatable bonds is 9. The Kier molecular flexibility index (Phi) is 9.33. The molecule has 3 aromatic carbocycles. The maximum Gasteiger partial charge on any atom is 0.262 e. The molecule has 43 heavy (non-hydrogen) atoms. The summed E-state index contributed by atoms with van der Waals surface area (Å²) in [4.78, 5) is 27.4. The molecule has 0 bridgehead atoms. The summed E-state index contributed by atoms with van der Waals surface area (Å²) in [5.74, 6) is 0.728. The van der Waals surface area contributed by atoms with Gasteiger partial charge in [0.05, 0.1) is 7.11 Å². The largest absolute Gasteiger partial charge is 0.493 e. The molecule has 9 nitrogen and oxygen atoms in total. The number of para-hydroxylation sites is 1. The molecule has 2 heterocycles. The van der Waals surface area contributed by atoms with Crippen molar-refractivity contribution in [2.75, 3.05) is 48.8 Å². The summed E-state index contributed by atoms with van der Waals surface area (Å²) in [5.41, 5.74) is 4.77. The predicted molar refractivity (Wildman–Crippen MR) is 173 cm³/mol. The fourth-order valence-corrected chi connectivity index (χ4v) is 5.23. The molecule has 1 saturated heterocycles. The van der Waals surface area contributed by atoms with E-state index in [0.29, 0.717) is 22.6 Å². The Balaban J connectivity index is 1.39. The van der Waals surface area contributed by atoms with E-state index in [-0.39, 0.29) is 17.4 Å². The van der Waals surface area contributed by atoms with Crippen LogP contribution in [0.4, 0.5) is 23.0 Å². The van der Waals surface area contributed by atoms with E-state index in [4.69, 9.17) is 21.1 Å². The molecule has 0 spiro atoms. The summed E-state index contributed by atoms with van der Waals surface area (Å²) < 4.78 is 11.6. The van der Waals surface area contributed by atoms with E-state index in [1.807, 2.05) is 44.2 Å². The van der Waals surface area contributed by atoms with E-state index >= 15 is 0 Å². The van der Waals surface area contributed by atoms with Crippen LogP contribution in [0.15, 0.2) is 66.9 Å². The van der Waals surface area contributed by atoms with Crippen molar-refractivity contribution in [1.29, 1.82) is 0 Å². The van der Waals surface area contributed by atoms with E-state index in [1.54, 1.807) is 18.2 Å².